The van der Waals surface area contributed by atoms with Crippen LogP contribution < -0.4 is 11.0 Å². The van der Waals surface area contributed by atoms with Gasteiger partial charge in [0.1, 0.15) is 5.82 Å². The van der Waals surface area contributed by atoms with Gasteiger partial charge in [0, 0.05) is 5.56 Å². The van der Waals surface area contributed by atoms with E-state index in [1.807, 2.05) is 6.07 Å². The number of hydrogen-bond donors (Lipinski definition) is 3. The Morgan fingerprint density at radius 1 is 1.14 bits per heavy atom. The molecule has 0 saturated carbocycles. The van der Waals surface area contributed by atoms with Gasteiger partial charge in [-0.15, -0.1) is 0 Å². The van der Waals surface area contributed by atoms with Gasteiger partial charge in [-0.2, -0.15) is 0 Å². The fraction of sp³-hybridized carbons (Fsp3) is 0.0667. The molecule has 0 aliphatic carbocycles. The number of aryl methyl sites for hydroxylation is 1. The van der Waals surface area contributed by atoms with Gasteiger partial charge in [-0.3, -0.25) is 4.79 Å². The van der Waals surface area contributed by atoms with E-state index < -0.39 is 7.12 Å². The van der Waals surface area contributed by atoms with Crippen molar-refractivity contribution in [2.24, 2.45) is 0 Å². The minimum absolute atomic E-state index is 0.195. The fourth-order valence-electron chi connectivity index (χ4n) is 2.34. The number of rotatable bonds is 2. The molecule has 6 heteroatoms. The standard InChI is InChI=1S/C15H13BN2O3/c1-9-8-10(6-7-12(9)16(20)21)14-17-13-5-3-2-4-11(13)15(19)18-14/h2-8,20-21H,1H3,(H,17,18,19). The number of nitrogens with zero attached hydrogens (tertiary/aromatic N) is 1. The second-order valence-electron chi connectivity index (χ2n) is 4.88. The van der Waals surface area contributed by atoms with Gasteiger partial charge in [-0.25, -0.2) is 4.98 Å². The number of aromatic nitrogens is 2. The molecule has 0 radical (unpaired) electrons. The average molecular weight is 280 g/mol. The lowest BCUT2D eigenvalue weighted by molar-refractivity contribution is 0.425. The highest BCUT2D eigenvalue weighted by Gasteiger charge is 2.15. The summed E-state index contributed by atoms with van der Waals surface area (Å²) in [5.41, 5.74) is 2.31. The molecule has 1 heterocycles. The Kier molecular flexibility index (Phi) is 3.33. The van der Waals surface area contributed by atoms with Crippen molar-refractivity contribution in [3.63, 3.8) is 0 Å². The first kappa shape index (κ1) is 13.5. The maximum Gasteiger partial charge on any atom is 0.488 e. The first-order valence-electron chi connectivity index (χ1n) is 6.52. The van der Waals surface area contributed by atoms with E-state index in [0.29, 0.717) is 22.2 Å². The van der Waals surface area contributed by atoms with Crippen LogP contribution in [0, 0.1) is 6.92 Å². The van der Waals surface area contributed by atoms with Gasteiger partial charge in [-0.05, 0) is 30.6 Å². The van der Waals surface area contributed by atoms with Crippen molar-refractivity contribution in [2.45, 2.75) is 6.92 Å². The second kappa shape index (κ2) is 5.16. The summed E-state index contributed by atoms with van der Waals surface area (Å²) >= 11 is 0. The van der Waals surface area contributed by atoms with E-state index in [-0.39, 0.29) is 5.56 Å². The number of hydrogen-bond acceptors (Lipinski definition) is 4. The maximum atomic E-state index is 12.1. The number of aromatic amines is 1. The molecule has 0 atom stereocenters. The van der Waals surface area contributed by atoms with Crippen LogP contribution >= 0.6 is 0 Å². The van der Waals surface area contributed by atoms with Gasteiger partial charge >= 0.3 is 7.12 Å². The topological polar surface area (TPSA) is 86.2 Å². The molecule has 0 amide bonds. The largest absolute Gasteiger partial charge is 0.488 e. The monoisotopic (exact) mass is 280 g/mol. The summed E-state index contributed by atoms with van der Waals surface area (Å²) in [7, 11) is -1.51. The molecule has 3 N–H and O–H groups in total. The molecule has 0 bridgehead atoms. The molecule has 0 aliphatic heterocycles. The first-order valence-corrected chi connectivity index (χ1v) is 6.52. The second-order valence-corrected chi connectivity index (χ2v) is 4.88. The zero-order valence-electron chi connectivity index (χ0n) is 11.4. The molecule has 0 unspecified atom stereocenters. The minimum atomic E-state index is -1.51. The lowest BCUT2D eigenvalue weighted by atomic mass is 9.77. The van der Waals surface area contributed by atoms with Crippen molar-refractivity contribution in [1.29, 1.82) is 0 Å². The number of H-pyrrole nitrogens is 1. The highest BCUT2D eigenvalue weighted by atomic mass is 16.4. The van der Waals surface area contributed by atoms with Crippen LogP contribution in [0.2, 0.25) is 0 Å². The maximum absolute atomic E-state index is 12.1. The molecule has 3 aromatic rings. The molecule has 1 aromatic heterocycles. The molecule has 2 aromatic carbocycles. The van der Waals surface area contributed by atoms with Crippen LogP contribution in [0.15, 0.2) is 47.3 Å². The van der Waals surface area contributed by atoms with Gasteiger partial charge in [0.05, 0.1) is 10.9 Å². The van der Waals surface area contributed by atoms with Crippen molar-refractivity contribution in [3.05, 3.63) is 58.4 Å². The molecule has 104 valence electrons. The summed E-state index contributed by atoms with van der Waals surface area (Å²) in [5, 5.41) is 19.0. The van der Waals surface area contributed by atoms with Crippen LogP contribution in [0.25, 0.3) is 22.3 Å². The van der Waals surface area contributed by atoms with Crippen LogP contribution in [-0.2, 0) is 0 Å². The average Bonchev–Trinajstić information content (AvgIpc) is 2.46. The Morgan fingerprint density at radius 3 is 2.62 bits per heavy atom. The van der Waals surface area contributed by atoms with Crippen molar-refractivity contribution < 1.29 is 10.0 Å². The van der Waals surface area contributed by atoms with Crippen LogP contribution in [0.3, 0.4) is 0 Å². The Labute approximate surface area is 121 Å². The van der Waals surface area contributed by atoms with E-state index in [9.17, 15) is 14.8 Å². The van der Waals surface area contributed by atoms with Crippen LogP contribution in [0.1, 0.15) is 5.56 Å². The molecule has 0 saturated heterocycles. The molecular formula is C15H13BN2O3. The van der Waals surface area contributed by atoms with Crippen molar-refractivity contribution in [2.75, 3.05) is 0 Å². The van der Waals surface area contributed by atoms with Crippen LogP contribution in [0.5, 0.6) is 0 Å². The van der Waals surface area contributed by atoms with E-state index in [1.165, 1.54) is 0 Å². The zero-order chi connectivity index (χ0) is 15.0. The molecule has 0 aliphatic rings. The van der Waals surface area contributed by atoms with Crippen molar-refractivity contribution >= 4 is 23.5 Å². The third kappa shape index (κ3) is 2.46. The number of para-hydroxylation sites is 1. The molecule has 3 rings (SSSR count). The summed E-state index contributed by atoms with van der Waals surface area (Å²) in [6.45, 7) is 1.78. The highest BCUT2D eigenvalue weighted by Crippen LogP contribution is 2.16. The quantitative estimate of drug-likeness (QED) is 0.599. The third-order valence-corrected chi connectivity index (χ3v) is 3.43. The van der Waals surface area contributed by atoms with Gasteiger partial charge in [-0.1, -0.05) is 29.8 Å². The predicted octanol–water partition coefficient (Wildman–Crippen LogP) is 0.578. The van der Waals surface area contributed by atoms with E-state index in [1.54, 1.807) is 43.3 Å². The summed E-state index contributed by atoms with van der Waals surface area (Å²) in [6, 6.07) is 12.2. The summed E-state index contributed by atoms with van der Waals surface area (Å²) in [4.78, 5) is 19.2. The van der Waals surface area contributed by atoms with E-state index >= 15 is 0 Å². The number of fused-ring (bicyclic) bond motifs is 1. The number of benzene rings is 2. The van der Waals surface area contributed by atoms with E-state index in [2.05, 4.69) is 9.97 Å². The molecular weight excluding hydrogens is 267 g/mol. The van der Waals surface area contributed by atoms with Gasteiger partial charge in [0.2, 0.25) is 0 Å². The van der Waals surface area contributed by atoms with Crippen molar-refractivity contribution in [1.82, 2.24) is 9.97 Å². The Morgan fingerprint density at radius 2 is 1.90 bits per heavy atom. The first-order chi connectivity index (χ1) is 10.1. The molecule has 21 heavy (non-hydrogen) atoms. The van der Waals surface area contributed by atoms with Crippen molar-refractivity contribution in [3.8, 4) is 11.4 Å². The lowest BCUT2D eigenvalue weighted by Crippen LogP contribution is -2.31. The smallest absolute Gasteiger partial charge is 0.423 e. The zero-order valence-corrected chi connectivity index (χ0v) is 11.4. The Balaban J connectivity index is 2.17. The highest BCUT2D eigenvalue weighted by molar-refractivity contribution is 6.59. The van der Waals surface area contributed by atoms with Crippen LogP contribution in [0.4, 0.5) is 0 Å². The molecule has 0 spiro atoms. The third-order valence-electron chi connectivity index (χ3n) is 3.43. The molecule has 5 nitrogen and oxygen atoms in total. The van der Waals surface area contributed by atoms with Gasteiger partial charge < -0.3 is 15.0 Å². The fourth-order valence-corrected chi connectivity index (χ4v) is 2.34. The van der Waals surface area contributed by atoms with Gasteiger partial charge in [0.25, 0.3) is 5.56 Å². The SMILES string of the molecule is Cc1cc(-c2nc3ccccc3c(=O)[nH]2)ccc1B(O)O. The van der Waals surface area contributed by atoms with E-state index in [0.717, 1.165) is 11.1 Å². The lowest BCUT2D eigenvalue weighted by Gasteiger charge is -2.08. The van der Waals surface area contributed by atoms with Gasteiger partial charge in [0.15, 0.2) is 0 Å². The summed E-state index contributed by atoms with van der Waals surface area (Å²) in [6.07, 6.45) is 0. The Hall–Kier alpha value is -2.44. The molecule has 0 fully saturated rings. The summed E-state index contributed by atoms with van der Waals surface area (Å²) < 4.78 is 0. The summed E-state index contributed by atoms with van der Waals surface area (Å²) in [5.74, 6) is 0.459. The van der Waals surface area contributed by atoms with E-state index in [4.69, 9.17) is 0 Å². The minimum Gasteiger partial charge on any atom is -0.423 e. The normalized spacial score (nSPS) is 10.8. The van der Waals surface area contributed by atoms with Crippen LogP contribution in [-0.4, -0.2) is 27.1 Å². The predicted molar refractivity (Wildman–Crippen MR) is 82.4 cm³/mol. The number of nitrogens with one attached hydrogen (secondary N) is 1. The Bertz CT molecular complexity index is 874.